The van der Waals surface area contributed by atoms with E-state index >= 15 is 0 Å². The molecule has 0 fully saturated rings. The summed E-state index contributed by atoms with van der Waals surface area (Å²) in [5.74, 6) is 0. The van der Waals surface area contributed by atoms with Crippen molar-refractivity contribution in [1.82, 2.24) is 9.97 Å². The van der Waals surface area contributed by atoms with Gasteiger partial charge in [-0.1, -0.05) is 17.8 Å². The molecule has 5 heteroatoms. The third-order valence-corrected chi connectivity index (χ3v) is 3.42. The van der Waals surface area contributed by atoms with Crippen molar-refractivity contribution in [2.75, 3.05) is 0 Å². The molecule has 0 amide bonds. The van der Waals surface area contributed by atoms with Crippen LogP contribution >= 0.6 is 11.8 Å². The van der Waals surface area contributed by atoms with Crippen LogP contribution in [0.2, 0.25) is 0 Å². The van der Waals surface area contributed by atoms with Gasteiger partial charge in [-0.05, 0) is 19.1 Å². The van der Waals surface area contributed by atoms with E-state index in [0.717, 1.165) is 5.69 Å². The minimum Gasteiger partial charge on any atom is -0.440 e. The first-order valence-electron chi connectivity index (χ1n) is 5.00. The first kappa shape index (κ1) is 11.2. The highest BCUT2D eigenvalue weighted by Crippen LogP contribution is 2.34. The average Bonchev–Trinajstić information content (AvgIpc) is 2.79. The fourth-order valence-corrected chi connectivity index (χ4v) is 2.28. The van der Waals surface area contributed by atoms with Gasteiger partial charge in [0.2, 0.25) is 0 Å². The van der Waals surface area contributed by atoms with Crippen molar-refractivity contribution >= 4 is 11.8 Å². The Kier molecular flexibility index (Phi) is 3.58. The standard InChI is InChI=1S/C11H13N3OS/c1-8(12)10(9-4-2-3-5-13-9)16-11-14-6-7-15-11/h2-8,10H,12H2,1H3. The summed E-state index contributed by atoms with van der Waals surface area (Å²) in [6, 6.07) is 5.78. The van der Waals surface area contributed by atoms with Gasteiger partial charge in [0.25, 0.3) is 5.22 Å². The Balaban J connectivity index is 2.18. The Morgan fingerprint density at radius 2 is 2.19 bits per heavy atom. The number of thioether (sulfide) groups is 1. The molecule has 84 valence electrons. The summed E-state index contributed by atoms with van der Waals surface area (Å²) in [6.07, 6.45) is 4.94. The van der Waals surface area contributed by atoms with E-state index in [2.05, 4.69) is 9.97 Å². The minimum atomic E-state index is -0.0215. The van der Waals surface area contributed by atoms with Gasteiger partial charge in [-0.2, -0.15) is 0 Å². The second-order valence-electron chi connectivity index (χ2n) is 3.45. The van der Waals surface area contributed by atoms with E-state index in [0.29, 0.717) is 5.22 Å². The van der Waals surface area contributed by atoms with Crippen LogP contribution in [0.25, 0.3) is 0 Å². The van der Waals surface area contributed by atoms with Gasteiger partial charge in [0.15, 0.2) is 0 Å². The highest BCUT2D eigenvalue weighted by molar-refractivity contribution is 7.99. The molecular weight excluding hydrogens is 222 g/mol. The summed E-state index contributed by atoms with van der Waals surface area (Å²) in [5.41, 5.74) is 6.90. The highest BCUT2D eigenvalue weighted by atomic mass is 32.2. The third kappa shape index (κ3) is 2.62. The molecule has 16 heavy (non-hydrogen) atoms. The quantitative estimate of drug-likeness (QED) is 0.823. The number of nitrogens with two attached hydrogens (primary N) is 1. The highest BCUT2D eigenvalue weighted by Gasteiger charge is 2.20. The van der Waals surface area contributed by atoms with E-state index < -0.39 is 0 Å². The van der Waals surface area contributed by atoms with Crippen LogP contribution in [0.4, 0.5) is 0 Å². The minimum absolute atomic E-state index is 0.0215. The Morgan fingerprint density at radius 1 is 1.31 bits per heavy atom. The monoisotopic (exact) mass is 235 g/mol. The Labute approximate surface area is 98.3 Å². The SMILES string of the molecule is CC(N)C(Sc1ncco1)c1ccccn1. The number of oxazole rings is 1. The lowest BCUT2D eigenvalue weighted by atomic mass is 10.2. The zero-order chi connectivity index (χ0) is 11.4. The van der Waals surface area contributed by atoms with E-state index in [1.807, 2.05) is 25.1 Å². The summed E-state index contributed by atoms with van der Waals surface area (Å²) >= 11 is 1.49. The molecule has 0 bridgehead atoms. The first-order valence-corrected chi connectivity index (χ1v) is 5.88. The lowest BCUT2D eigenvalue weighted by Crippen LogP contribution is -2.23. The van der Waals surface area contributed by atoms with Crippen molar-refractivity contribution in [3.8, 4) is 0 Å². The van der Waals surface area contributed by atoms with Crippen LogP contribution in [0.5, 0.6) is 0 Å². The molecule has 2 heterocycles. The normalized spacial score (nSPS) is 14.6. The summed E-state index contributed by atoms with van der Waals surface area (Å²) in [7, 11) is 0. The van der Waals surface area contributed by atoms with E-state index in [4.69, 9.17) is 10.2 Å². The van der Waals surface area contributed by atoms with Crippen LogP contribution in [0.3, 0.4) is 0 Å². The zero-order valence-corrected chi connectivity index (χ0v) is 9.72. The van der Waals surface area contributed by atoms with Crippen LogP contribution in [-0.4, -0.2) is 16.0 Å². The van der Waals surface area contributed by atoms with Crippen LogP contribution < -0.4 is 5.73 Å². The van der Waals surface area contributed by atoms with Gasteiger partial charge in [0.05, 0.1) is 17.1 Å². The second-order valence-corrected chi connectivity index (χ2v) is 4.54. The van der Waals surface area contributed by atoms with E-state index in [1.54, 1.807) is 18.7 Å². The second kappa shape index (κ2) is 5.14. The molecule has 0 saturated heterocycles. The molecule has 0 radical (unpaired) electrons. The third-order valence-electron chi connectivity index (χ3n) is 2.09. The lowest BCUT2D eigenvalue weighted by Gasteiger charge is -2.17. The maximum atomic E-state index is 5.95. The van der Waals surface area contributed by atoms with Gasteiger partial charge in [0, 0.05) is 12.2 Å². The van der Waals surface area contributed by atoms with Crippen molar-refractivity contribution in [3.05, 3.63) is 42.5 Å². The molecule has 0 aromatic carbocycles. The largest absolute Gasteiger partial charge is 0.440 e. The molecule has 2 atom stereocenters. The predicted molar refractivity (Wildman–Crippen MR) is 63.0 cm³/mol. The molecule has 0 spiro atoms. The molecule has 2 unspecified atom stereocenters. The van der Waals surface area contributed by atoms with Crippen molar-refractivity contribution < 1.29 is 4.42 Å². The maximum absolute atomic E-state index is 5.95. The van der Waals surface area contributed by atoms with Gasteiger partial charge in [-0.15, -0.1) is 0 Å². The number of hydrogen-bond acceptors (Lipinski definition) is 5. The zero-order valence-electron chi connectivity index (χ0n) is 8.91. The average molecular weight is 235 g/mol. The molecule has 4 nitrogen and oxygen atoms in total. The Morgan fingerprint density at radius 3 is 2.75 bits per heavy atom. The molecular formula is C11H13N3OS. The fraction of sp³-hybridized carbons (Fsp3) is 0.273. The molecule has 0 aliphatic heterocycles. The van der Waals surface area contributed by atoms with Crippen molar-refractivity contribution in [3.63, 3.8) is 0 Å². The summed E-state index contributed by atoms with van der Waals surface area (Å²) < 4.78 is 5.20. The first-order chi connectivity index (χ1) is 7.77. The van der Waals surface area contributed by atoms with Gasteiger partial charge >= 0.3 is 0 Å². The fourth-order valence-electron chi connectivity index (χ4n) is 1.36. The van der Waals surface area contributed by atoms with Gasteiger partial charge in [-0.25, -0.2) is 4.98 Å². The van der Waals surface area contributed by atoms with Gasteiger partial charge < -0.3 is 10.2 Å². The maximum Gasteiger partial charge on any atom is 0.256 e. The number of pyridine rings is 1. The molecule has 0 aliphatic rings. The number of aromatic nitrogens is 2. The topological polar surface area (TPSA) is 64.9 Å². The van der Waals surface area contributed by atoms with Crippen LogP contribution in [0, 0.1) is 0 Å². The lowest BCUT2D eigenvalue weighted by molar-refractivity contribution is 0.452. The van der Waals surface area contributed by atoms with Crippen molar-refractivity contribution in [2.24, 2.45) is 5.73 Å². The summed E-state index contributed by atoms with van der Waals surface area (Å²) in [4.78, 5) is 8.39. The smallest absolute Gasteiger partial charge is 0.256 e. The predicted octanol–water partition coefficient (Wildman–Crippen LogP) is 2.25. The van der Waals surface area contributed by atoms with Crippen LogP contribution in [-0.2, 0) is 0 Å². The van der Waals surface area contributed by atoms with Crippen LogP contribution in [0.15, 0.2) is 46.5 Å². The van der Waals surface area contributed by atoms with E-state index in [9.17, 15) is 0 Å². The molecule has 0 aliphatic carbocycles. The van der Waals surface area contributed by atoms with Crippen molar-refractivity contribution in [2.45, 2.75) is 23.4 Å². The Hall–Kier alpha value is -1.33. The van der Waals surface area contributed by atoms with Gasteiger partial charge in [0.1, 0.15) is 6.26 Å². The number of nitrogens with zero attached hydrogens (tertiary/aromatic N) is 2. The number of hydrogen-bond donors (Lipinski definition) is 1. The molecule has 2 aromatic heterocycles. The summed E-state index contributed by atoms with van der Waals surface area (Å²) in [6.45, 7) is 1.95. The van der Waals surface area contributed by atoms with E-state index in [1.165, 1.54) is 11.8 Å². The van der Waals surface area contributed by atoms with Crippen molar-refractivity contribution in [1.29, 1.82) is 0 Å². The molecule has 2 N–H and O–H groups in total. The molecule has 2 aromatic rings. The Bertz CT molecular complexity index is 416. The number of rotatable bonds is 4. The van der Waals surface area contributed by atoms with E-state index in [-0.39, 0.29) is 11.3 Å². The van der Waals surface area contributed by atoms with Crippen LogP contribution in [0.1, 0.15) is 17.9 Å². The van der Waals surface area contributed by atoms with Gasteiger partial charge in [-0.3, -0.25) is 4.98 Å². The molecule has 0 saturated carbocycles. The summed E-state index contributed by atoms with van der Waals surface area (Å²) in [5, 5.41) is 0.674. The molecule has 2 rings (SSSR count).